The van der Waals surface area contributed by atoms with E-state index in [2.05, 4.69) is 156 Å². The first-order valence-corrected chi connectivity index (χ1v) is 16.7. The number of hydrogen-bond acceptors (Lipinski definition) is 2. The Morgan fingerprint density at radius 1 is 0.467 bits per heavy atom. The number of anilines is 2. The molecule has 1 aliphatic rings. The summed E-state index contributed by atoms with van der Waals surface area (Å²) in [7, 11) is 0. The zero-order valence-electron chi connectivity index (χ0n) is 26.8. The average molecular weight is 600 g/mol. The van der Waals surface area contributed by atoms with E-state index >= 15 is 0 Å². The summed E-state index contributed by atoms with van der Waals surface area (Å²) in [6.07, 6.45) is 0. The van der Waals surface area contributed by atoms with Crippen molar-refractivity contribution >= 4 is 42.9 Å². The third-order valence-electron chi connectivity index (χ3n) is 9.81. The molecule has 220 valence electrons. The van der Waals surface area contributed by atoms with Gasteiger partial charge >= 0.3 is 0 Å². The molecule has 7 aromatic rings. The Bertz CT molecular complexity index is 2210. The first-order chi connectivity index (χ1) is 21.8. The maximum atomic E-state index is 3.83. The van der Waals surface area contributed by atoms with Gasteiger partial charge in [-0.3, -0.25) is 0 Å². The minimum Gasteiger partial charge on any atom is -0.355 e. The lowest BCUT2D eigenvalue weighted by Crippen LogP contribution is -2.32. The van der Waals surface area contributed by atoms with Gasteiger partial charge in [0.2, 0.25) is 0 Å². The first-order valence-electron chi connectivity index (χ1n) is 15.8. The second-order valence-corrected chi connectivity index (χ2v) is 14.1. The molecule has 1 aliphatic carbocycles. The number of benzene rings is 6. The molecule has 2 heteroatoms. The van der Waals surface area contributed by atoms with E-state index < -0.39 is 5.41 Å². The normalized spacial score (nSPS) is 13.3. The van der Waals surface area contributed by atoms with Crippen molar-refractivity contribution in [2.24, 2.45) is 0 Å². The van der Waals surface area contributed by atoms with Crippen LogP contribution in [0.15, 0.2) is 109 Å². The Morgan fingerprint density at radius 2 is 1.00 bits per heavy atom. The maximum Gasteiger partial charge on any atom is 0.0724 e. The second-order valence-electron chi connectivity index (χ2n) is 13.0. The molecule has 0 atom stereocenters. The van der Waals surface area contributed by atoms with Crippen molar-refractivity contribution in [3.63, 3.8) is 0 Å². The van der Waals surface area contributed by atoms with Crippen LogP contribution in [0.3, 0.4) is 0 Å². The summed E-state index contributed by atoms with van der Waals surface area (Å²) in [5.74, 6) is 0. The molecule has 0 spiro atoms. The molecule has 1 nitrogen and oxygen atoms in total. The summed E-state index contributed by atoms with van der Waals surface area (Å²) in [6, 6.07) is 41.1. The standard InChI is InChI=1S/C43H37NS/c1-25-19-27(3)41(28(4)20-25)43(42-29(5)21-26(2)22-30(42)6)37-13-9-7-11-33(37)34-17-15-32(24-38(34)43)44-31-16-18-40-36(23-31)35-12-8-10-14-39(35)45-40/h7-24,44H,1-6H3. The van der Waals surface area contributed by atoms with E-state index in [-0.39, 0.29) is 0 Å². The van der Waals surface area contributed by atoms with Crippen LogP contribution < -0.4 is 5.32 Å². The molecular formula is C43H37NS. The Balaban J connectivity index is 1.40. The summed E-state index contributed by atoms with van der Waals surface area (Å²) in [5, 5.41) is 6.45. The van der Waals surface area contributed by atoms with Crippen LogP contribution in [0.2, 0.25) is 0 Å². The van der Waals surface area contributed by atoms with E-state index in [1.54, 1.807) is 0 Å². The van der Waals surface area contributed by atoms with E-state index in [0.717, 1.165) is 11.4 Å². The fraction of sp³-hybridized carbons (Fsp3) is 0.163. The van der Waals surface area contributed by atoms with Crippen molar-refractivity contribution in [1.29, 1.82) is 0 Å². The molecule has 0 fully saturated rings. The van der Waals surface area contributed by atoms with Gasteiger partial charge in [0.05, 0.1) is 5.41 Å². The Morgan fingerprint density at radius 3 is 1.69 bits per heavy atom. The summed E-state index contributed by atoms with van der Waals surface area (Å²) >= 11 is 1.86. The monoisotopic (exact) mass is 599 g/mol. The lowest BCUT2D eigenvalue weighted by Gasteiger charge is -2.39. The van der Waals surface area contributed by atoms with Crippen LogP contribution in [-0.2, 0) is 5.41 Å². The van der Waals surface area contributed by atoms with Crippen LogP contribution in [0.1, 0.15) is 55.6 Å². The molecule has 8 rings (SSSR count). The molecule has 1 N–H and O–H groups in total. The largest absolute Gasteiger partial charge is 0.355 e. The highest BCUT2D eigenvalue weighted by molar-refractivity contribution is 7.25. The van der Waals surface area contributed by atoms with Crippen molar-refractivity contribution in [2.75, 3.05) is 5.32 Å². The summed E-state index contributed by atoms with van der Waals surface area (Å²) < 4.78 is 2.65. The van der Waals surface area contributed by atoms with Gasteiger partial charge in [-0.15, -0.1) is 11.3 Å². The Labute approximate surface area is 270 Å². The van der Waals surface area contributed by atoms with Crippen LogP contribution in [0, 0.1) is 41.5 Å². The molecule has 0 amide bonds. The van der Waals surface area contributed by atoms with E-state index in [9.17, 15) is 0 Å². The van der Waals surface area contributed by atoms with Crippen LogP contribution >= 0.6 is 11.3 Å². The topological polar surface area (TPSA) is 12.0 Å². The van der Waals surface area contributed by atoms with E-state index in [0.29, 0.717) is 0 Å². The van der Waals surface area contributed by atoms with Crippen molar-refractivity contribution in [2.45, 2.75) is 47.0 Å². The van der Waals surface area contributed by atoms with Crippen molar-refractivity contribution < 1.29 is 0 Å². The zero-order chi connectivity index (χ0) is 31.0. The highest BCUT2D eigenvalue weighted by atomic mass is 32.1. The minimum atomic E-state index is -0.444. The Hall–Kier alpha value is -4.66. The predicted octanol–water partition coefficient (Wildman–Crippen LogP) is 12.0. The van der Waals surface area contributed by atoms with Gasteiger partial charge in [0.25, 0.3) is 0 Å². The van der Waals surface area contributed by atoms with E-state index in [1.807, 2.05) is 11.3 Å². The first kappa shape index (κ1) is 27.9. The van der Waals surface area contributed by atoms with E-state index in [1.165, 1.54) is 86.9 Å². The van der Waals surface area contributed by atoms with Gasteiger partial charge in [-0.25, -0.2) is 0 Å². The molecule has 0 saturated heterocycles. The number of thiophene rings is 1. The molecule has 0 unspecified atom stereocenters. The molecule has 0 saturated carbocycles. The van der Waals surface area contributed by atoms with Crippen molar-refractivity contribution in [3.8, 4) is 11.1 Å². The highest BCUT2D eigenvalue weighted by Crippen LogP contribution is 2.59. The third-order valence-corrected chi connectivity index (χ3v) is 11.0. The van der Waals surface area contributed by atoms with Gasteiger partial charge in [0.1, 0.15) is 0 Å². The highest BCUT2D eigenvalue weighted by Gasteiger charge is 2.49. The van der Waals surface area contributed by atoms with Crippen LogP contribution in [0.25, 0.3) is 31.3 Å². The van der Waals surface area contributed by atoms with Crippen molar-refractivity contribution in [3.05, 3.63) is 165 Å². The van der Waals surface area contributed by atoms with Gasteiger partial charge in [-0.1, -0.05) is 83.9 Å². The van der Waals surface area contributed by atoms with Gasteiger partial charge in [0, 0.05) is 31.5 Å². The molecular weight excluding hydrogens is 563 g/mol. The molecule has 0 radical (unpaired) electrons. The maximum absolute atomic E-state index is 3.83. The molecule has 0 aliphatic heterocycles. The molecule has 1 heterocycles. The number of aryl methyl sites for hydroxylation is 6. The van der Waals surface area contributed by atoms with Crippen molar-refractivity contribution in [1.82, 2.24) is 0 Å². The number of nitrogens with one attached hydrogen (secondary N) is 1. The smallest absolute Gasteiger partial charge is 0.0724 e. The molecule has 45 heavy (non-hydrogen) atoms. The fourth-order valence-electron chi connectivity index (χ4n) is 8.53. The summed E-state index contributed by atoms with van der Waals surface area (Å²) in [6.45, 7) is 13.6. The lowest BCUT2D eigenvalue weighted by molar-refractivity contribution is 0.739. The number of fused-ring (bicyclic) bond motifs is 6. The van der Waals surface area contributed by atoms with Gasteiger partial charge in [0.15, 0.2) is 0 Å². The van der Waals surface area contributed by atoms with Gasteiger partial charge in [-0.2, -0.15) is 0 Å². The summed E-state index contributed by atoms with van der Waals surface area (Å²) in [5.41, 5.74) is 17.9. The SMILES string of the molecule is Cc1cc(C)c(C2(c3c(C)cc(C)cc3C)c3ccccc3-c3ccc(Nc4ccc5sc6ccccc6c5c4)cc32)c(C)c1. The lowest BCUT2D eigenvalue weighted by atomic mass is 9.63. The zero-order valence-corrected chi connectivity index (χ0v) is 27.6. The quantitative estimate of drug-likeness (QED) is 0.212. The average Bonchev–Trinajstić information content (AvgIpc) is 3.50. The summed E-state index contributed by atoms with van der Waals surface area (Å²) in [4.78, 5) is 0. The van der Waals surface area contributed by atoms with Crippen LogP contribution in [0.5, 0.6) is 0 Å². The fourth-order valence-corrected chi connectivity index (χ4v) is 9.62. The molecule has 6 aromatic carbocycles. The predicted molar refractivity (Wildman–Crippen MR) is 195 cm³/mol. The van der Waals surface area contributed by atoms with Crippen LogP contribution in [0.4, 0.5) is 11.4 Å². The van der Waals surface area contributed by atoms with E-state index in [4.69, 9.17) is 0 Å². The number of hydrogen-bond donors (Lipinski definition) is 1. The number of rotatable bonds is 4. The Kier molecular flexibility index (Phi) is 6.31. The third kappa shape index (κ3) is 4.12. The molecule has 1 aromatic heterocycles. The van der Waals surface area contributed by atoms with Gasteiger partial charge < -0.3 is 5.32 Å². The minimum absolute atomic E-state index is 0.444. The van der Waals surface area contributed by atoms with Gasteiger partial charge in [-0.05, 0) is 134 Å². The second kappa shape index (κ2) is 10.2. The van der Waals surface area contributed by atoms with Crippen LogP contribution in [-0.4, -0.2) is 0 Å². The molecule has 0 bridgehead atoms.